The smallest absolute Gasteiger partial charge is 0.0311 e. The number of rotatable bonds is 4. The average Bonchev–Trinajstić information content (AvgIpc) is 3.63. The van der Waals surface area contributed by atoms with Crippen LogP contribution in [0.4, 0.5) is 0 Å². The van der Waals surface area contributed by atoms with Crippen molar-refractivity contribution in [1.29, 1.82) is 0 Å². The van der Waals surface area contributed by atoms with Gasteiger partial charge in [0, 0.05) is 5.92 Å². The van der Waals surface area contributed by atoms with Gasteiger partial charge < -0.3 is 0 Å². The van der Waals surface area contributed by atoms with E-state index < -0.39 is 0 Å². The highest BCUT2D eigenvalue weighted by Gasteiger charge is 2.32. The molecule has 3 aliphatic rings. The van der Waals surface area contributed by atoms with Gasteiger partial charge in [0.2, 0.25) is 0 Å². The quantitative estimate of drug-likeness (QED) is 0.239. The number of allylic oxidation sites excluding steroid dienone is 1. The molecule has 0 saturated carbocycles. The summed E-state index contributed by atoms with van der Waals surface area (Å²) in [6.07, 6.45) is 10.4. The van der Waals surface area contributed by atoms with Crippen LogP contribution < -0.4 is 0 Å². The van der Waals surface area contributed by atoms with Crippen LogP contribution in [0.15, 0.2) is 96.6 Å². The fraction of sp³-hybridized carbons (Fsp3) is 0.135. The monoisotopic (exact) mass is 472 g/mol. The Morgan fingerprint density at radius 3 is 2.30 bits per heavy atom. The first kappa shape index (κ1) is 21.0. The van der Waals surface area contributed by atoms with Crippen LogP contribution in [-0.4, -0.2) is 0 Å². The van der Waals surface area contributed by atoms with Crippen LogP contribution in [0.5, 0.6) is 0 Å². The summed E-state index contributed by atoms with van der Waals surface area (Å²) in [5.41, 5.74) is 17.1. The van der Waals surface area contributed by atoms with E-state index in [2.05, 4.69) is 116 Å². The van der Waals surface area contributed by atoms with Crippen LogP contribution in [0, 0.1) is 0 Å². The molecule has 1 atom stereocenters. The van der Waals surface area contributed by atoms with Gasteiger partial charge in [-0.05, 0) is 84.8 Å². The zero-order valence-corrected chi connectivity index (χ0v) is 21.1. The van der Waals surface area contributed by atoms with Crippen molar-refractivity contribution in [3.8, 4) is 22.3 Å². The van der Waals surface area contributed by atoms with Crippen molar-refractivity contribution in [2.24, 2.45) is 0 Å². The molecule has 176 valence electrons. The molecular weight excluding hydrogens is 444 g/mol. The second kappa shape index (κ2) is 7.92. The summed E-state index contributed by atoms with van der Waals surface area (Å²) in [6.45, 7) is 2.31. The summed E-state index contributed by atoms with van der Waals surface area (Å²) >= 11 is 0. The Morgan fingerprint density at radius 1 is 0.649 bits per heavy atom. The topological polar surface area (TPSA) is 0 Å². The molecule has 0 saturated heterocycles. The first-order chi connectivity index (χ1) is 18.3. The van der Waals surface area contributed by atoms with Gasteiger partial charge >= 0.3 is 0 Å². The van der Waals surface area contributed by atoms with E-state index in [1.54, 1.807) is 5.57 Å². The molecule has 3 aliphatic carbocycles. The van der Waals surface area contributed by atoms with Gasteiger partial charge in [0.1, 0.15) is 0 Å². The third-order valence-corrected chi connectivity index (χ3v) is 8.73. The van der Waals surface area contributed by atoms with Gasteiger partial charge in [-0.25, -0.2) is 0 Å². The maximum atomic E-state index is 2.53. The summed E-state index contributed by atoms with van der Waals surface area (Å²) in [4.78, 5) is 0. The number of hydrogen-bond acceptors (Lipinski definition) is 0. The zero-order chi connectivity index (χ0) is 24.5. The molecule has 1 unspecified atom stereocenters. The van der Waals surface area contributed by atoms with Crippen LogP contribution in [0.1, 0.15) is 64.6 Å². The average molecular weight is 473 g/mol. The van der Waals surface area contributed by atoms with E-state index in [9.17, 15) is 0 Å². The summed E-state index contributed by atoms with van der Waals surface area (Å²) in [5, 5.41) is 2.75. The molecule has 0 heterocycles. The Kier molecular flexibility index (Phi) is 4.49. The molecule has 0 bridgehead atoms. The van der Waals surface area contributed by atoms with E-state index in [1.165, 1.54) is 72.0 Å². The summed E-state index contributed by atoms with van der Waals surface area (Å²) in [5.74, 6) is 0.331. The van der Waals surface area contributed by atoms with Gasteiger partial charge in [0.25, 0.3) is 0 Å². The van der Waals surface area contributed by atoms with Crippen molar-refractivity contribution in [3.05, 3.63) is 136 Å². The number of hydrogen-bond donors (Lipinski definition) is 0. The Balaban J connectivity index is 1.33. The van der Waals surface area contributed by atoms with Gasteiger partial charge in [0.05, 0.1) is 0 Å². The van der Waals surface area contributed by atoms with E-state index >= 15 is 0 Å². The van der Waals surface area contributed by atoms with Gasteiger partial charge in [-0.15, -0.1) is 0 Å². The maximum Gasteiger partial charge on any atom is 0.0311 e. The SMILES string of the molecule is CCCC1=Cc2c(-c3ccc4c5c(cccc35)C=C4)cccc2C1c1cccc2c1Cc1ccccc1-2. The van der Waals surface area contributed by atoms with E-state index in [1.807, 2.05) is 0 Å². The van der Waals surface area contributed by atoms with Crippen LogP contribution in [-0.2, 0) is 6.42 Å². The van der Waals surface area contributed by atoms with Crippen molar-refractivity contribution >= 4 is 29.0 Å². The largest absolute Gasteiger partial charge is 0.0651 e. The minimum atomic E-state index is 0.331. The number of fused-ring (bicyclic) bond motifs is 4. The molecule has 0 spiro atoms. The lowest BCUT2D eigenvalue weighted by Crippen LogP contribution is -2.05. The third kappa shape index (κ3) is 2.96. The first-order valence-corrected chi connectivity index (χ1v) is 13.6. The van der Waals surface area contributed by atoms with Crippen LogP contribution >= 0.6 is 0 Å². The van der Waals surface area contributed by atoms with Crippen molar-refractivity contribution in [3.63, 3.8) is 0 Å². The standard InChI is InChI=1S/C37H28/c1-2-8-26-22-35-29(30-20-19-24-18-17-23-10-5-14-31(30)36(23)24)13-7-16-33(35)37(26)32-15-6-12-28-27-11-4-3-9-25(27)21-34(28)32/h3-7,9-20,22,37H,2,8,21H2,1H3. The van der Waals surface area contributed by atoms with Gasteiger partial charge in [-0.3, -0.25) is 0 Å². The van der Waals surface area contributed by atoms with Crippen LogP contribution in [0.3, 0.4) is 0 Å². The second-order valence-electron chi connectivity index (χ2n) is 10.7. The summed E-state index contributed by atoms with van der Waals surface area (Å²) in [6, 6.07) is 34.3. The Bertz CT molecular complexity index is 1800. The van der Waals surface area contributed by atoms with Crippen LogP contribution in [0.2, 0.25) is 0 Å². The van der Waals surface area contributed by atoms with Gasteiger partial charge in [0.15, 0.2) is 0 Å². The minimum Gasteiger partial charge on any atom is -0.0651 e. The molecule has 8 rings (SSSR count). The normalized spacial score (nSPS) is 16.1. The maximum absolute atomic E-state index is 2.53. The fourth-order valence-corrected chi connectivity index (χ4v) is 7.18. The Hall–Kier alpha value is -4.16. The number of benzene rings is 5. The molecule has 0 radical (unpaired) electrons. The highest BCUT2D eigenvalue weighted by atomic mass is 14.4. The highest BCUT2D eigenvalue weighted by molar-refractivity contribution is 6.11. The highest BCUT2D eigenvalue weighted by Crippen LogP contribution is 2.50. The molecule has 0 aromatic heterocycles. The lowest BCUT2D eigenvalue weighted by molar-refractivity contribution is 0.824. The summed E-state index contributed by atoms with van der Waals surface area (Å²) in [7, 11) is 0. The van der Waals surface area contributed by atoms with Crippen molar-refractivity contribution in [2.75, 3.05) is 0 Å². The predicted molar refractivity (Wildman–Crippen MR) is 158 cm³/mol. The molecule has 0 aliphatic heterocycles. The molecule has 5 aromatic rings. The molecule has 0 amide bonds. The molecule has 5 aromatic carbocycles. The van der Waals surface area contributed by atoms with Gasteiger partial charge in [-0.1, -0.05) is 128 Å². The first-order valence-electron chi connectivity index (χ1n) is 13.6. The lowest BCUT2D eigenvalue weighted by Gasteiger charge is -2.21. The molecular formula is C37H28. The van der Waals surface area contributed by atoms with E-state index in [4.69, 9.17) is 0 Å². The fourth-order valence-electron chi connectivity index (χ4n) is 7.18. The molecule has 0 heteroatoms. The second-order valence-corrected chi connectivity index (χ2v) is 10.7. The Morgan fingerprint density at radius 2 is 1.41 bits per heavy atom. The molecule has 0 nitrogen and oxygen atoms in total. The van der Waals surface area contributed by atoms with Crippen molar-refractivity contribution in [1.82, 2.24) is 0 Å². The molecule has 0 N–H and O–H groups in total. The van der Waals surface area contributed by atoms with Crippen molar-refractivity contribution < 1.29 is 0 Å². The Labute approximate surface area is 218 Å². The van der Waals surface area contributed by atoms with E-state index in [-0.39, 0.29) is 0 Å². The van der Waals surface area contributed by atoms with Crippen LogP contribution in [0.25, 0.3) is 51.3 Å². The minimum absolute atomic E-state index is 0.331. The van der Waals surface area contributed by atoms with Gasteiger partial charge in [-0.2, -0.15) is 0 Å². The van der Waals surface area contributed by atoms with Crippen molar-refractivity contribution in [2.45, 2.75) is 32.1 Å². The summed E-state index contributed by atoms with van der Waals surface area (Å²) < 4.78 is 0. The third-order valence-electron chi connectivity index (χ3n) is 8.73. The zero-order valence-electron chi connectivity index (χ0n) is 21.1. The van der Waals surface area contributed by atoms with E-state index in [0.717, 1.165) is 19.3 Å². The predicted octanol–water partition coefficient (Wildman–Crippen LogP) is 9.89. The van der Waals surface area contributed by atoms with E-state index in [0.29, 0.717) is 5.92 Å². The molecule has 37 heavy (non-hydrogen) atoms. The lowest BCUT2D eigenvalue weighted by atomic mass is 9.82. The molecule has 0 fully saturated rings.